The Morgan fingerprint density at radius 2 is 1.93 bits per heavy atom. The van der Waals surface area contributed by atoms with Crippen molar-refractivity contribution < 1.29 is 4.74 Å². The second kappa shape index (κ2) is 11.4. The van der Waals surface area contributed by atoms with Crippen LogP contribution in [0.1, 0.15) is 38.8 Å². The normalized spacial score (nSPS) is 11.9. The van der Waals surface area contributed by atoms with Crippen LogP contribution in [0.2, 0.25) is 0 Å². The van der Waals surface area contributed by atoms with Gasteiger partial charge in [-0.1, -0.05) is 39.8 Å². The van der Waals surface area contributed by atoms with E-state index in [4.69, 9.17) is 4.74 Å². The van der Waals surface area contributed by atoms with Gasteiger partial charge in [-0.25, -0.2) is 0 Å². The minimum Gasteiger partial charge on any atom is -0.493 e. The number of guanidine groups is 1. The number of aliphatic imine (C=N–C) groups is 1. The van der Waals surface area contributed by atoms with E-state index in [1.807, 2.05) is 38.2 Å². The Bertz CT molecular complexity index is 768. The molecule has 0 spiro atoms. The molecular formula is C22H36IN5O. The van der Waals surface area contributed by atoms with Gasteiger partial charge in [0.15, 0.2) is 5.96 Å². The lowest BCUT2D eigenvalue weighted by Crippen LogP contribution is -2.44. The molecule has 0 saturated carbocycles. The number of aryl methyl sites for hydroxylation is 1. The Labute approximate surface area is 192 Å². The van der Waals surface area contributed by atoms with Gasteiger partial charge in [-0.2, -0.15) is 5.10 Å². The van der Waals surface area contributed by atoms with E-state index in [-0.39, 0.29) is 29.4 Å². The molecule has 0 saturated heterocycles. The third-order valence-electron chi connectivity index (χ3n) is 4.66. The first-order chi connectivity index (χ1) is 13.2. The van der Waals surface area contributed by atoms with Gasteiger partial charge in [0, 0.05) is 51.4 Å². The topological polar surface area (TPSA) is 54.7 Å². The Hall–Kier alpha value is -1.77. The molecule has 1 aromatic carbocycles. The second-order valence-corrected chi connectivity index (χ2v) is 8.39. The van der Waals surface area contributed by atoms with Gasteiger partial charge in [0.05, 0.1) is 12.8 Å². The average Bonchev–Trinajstić information content (AvgIpc) is 3.05. The van der Waals surface area contributed by atoms with Gasteiger partial charge in [0.25, 0.3) is 0 Å². The van der Waals surface area contributed by atoms with E-state index in [9.17, 15) is 0 Å². The second-order valence-electron chi connectivity index (χ2n) is 8.39. The number of hydrogen-bond acceptors (Lipinski definition) is 3. The lowest BCUT2D eigenvalue weighted by molar-refractivity contribution is 0.271. The van der Waals surface area contributed by atoms with E-state index in [1.165, 1.54) is 5.56 Å². The number of nitrogens with zero attached hydrogens (tertiary/aromatic N) is 4. The van der Waals surface area contributed by atoms with Gasteiger partial charge < -0.3 is 15.0 Å². The molecule has 0 radical (unpaired) electrons. The van der Waals surface area contributed by atoms with Crippen molar-refractivity contribution in [3.63, 3.8) is 0 Å². The maximum Gasteiger partial charge on any atom is 0.193 e. The summed E-state index contributed by atoms with van der Waals surface area (Å²) in [4.78, 5) is 6.53. The van der Waals surface area contributed by atoms with Crippen LogP contribution < -0.4 is 10.1 Å². The van der Waals surface area contributed by atoms with Crippen molar-refractivity contribution in [1.29, 1.82) is 0 Å². The monoisotopic (exact) mass is 513 g/mol. The van der Waals surface area contributed by atoms with E-state index in [1.54, 1.807) is 0 Å². The van der Waals surface area contributed by atoms with E-state index in [0.717, 1.165) is 37.0 Å². The van der Waals surface area contributed by atoms with Crippen LogP contribution in [-0.2, 0) is 19.0 Å². The molecule has 2 rings (SSSR count). The maximum atomic E-state index is 5.79. The van der Waals surface area contributed by atoms with Crippen LogP contribution in [0, 0.1) is 5.92 Å². The molecule has 6 nitrogen and oxygen atoms in total. The van der Waals surface area contributed by atoms with E-state index in [2.05, 4.69) is 72.3 Å². The van der Waals surface area contributed by atoms with E-state index >= 15 is 0 Å². The molecule has 2 aromatic rings. The molecule has 1 heterocycles. The fourth-order valence-electron chi connectivity index (χ4n) is 2.95. The smallest absolute Gasteiger partial charge is 0.193 e. The largest absolute Gasteiger partial charge is 0.493 e. The highest BCUT2D eigenvalue weighted by Gasteiger charge is 2.22. The third-order valence-corrected chi connectivity index (χ3v) is 4.66. The lowest BCUT2D eigenvalue weighted by Gasteiger charge is -2.29. The number of nitrogens with one attached hydrogen (secondary N) is 1. The first-order valence-corrected chi connectivity index (χ1v) is 9.84. The summed E-state index contributed by atoms with van der Waals surface area (Å²) in [5, 5.41) is 7.74. The maximum absolute atomic E-state index is 5.79. The first-order valence-electron chi connectivity index (χ1n) is 9.84. The Morgan fingerprint density at radius 3 is 2.45 bits per heavy atom. The number of hydrogen-bond donors (Lipinski definition) is 1. The summed E-state index contributed by atoms with van der Waals surface area (Å²) in [6.45, 7) is 11.1. The molecule has 0 aliphatic carbocycles. The molecule has 0 aliphatic rings. The summed E-state index contributed by atoms with van der Waals surface area (Å²) in [7, 11) is 5.78. The molecule has 7 heteroatoms. The summed E-state index contributed by atoms with van der Waals surface area (Å²) in [5.41, 5.74) is 2.38. The van der Waals surface area contributed by atoms with Crippen molar-refractivity contribution in [2.24, 2.45) is 18.0 Å². The van der Waals surface area contributed by atoms with Crippen molar-refractivity contribution in [3.05, 3.63) is 47.8 Å². The van der Waals surface area contributed by atoms with Crippen LogP contribution in [0.4, 0.5) is 0 Å². The van der Waals surface area contributed by atoms with Crippen LogP contribution in [0.5, 0.6) is 5.75 Å². The summed E-state index contributed by atoms with van der Waals surface area (Å²) < 4.78 is 7.61. The zero-order chi connectivity index (χ0) is 20.7. The van der Waals surface area contributed by atoms with Crippen molar-refractivity contribution in [2.75, 3.05) is 27.2 Å². The molecule has 1 aromatic heterocycles. The van der Waals surface area contributed by atoms with Gasteiger partial charge in [-0.05, 0) is 23.6 Å². The van der Waals surface area contributed by atoms with Crippen molar-refractivity contribution in [3.8, 4) is 5.75 Å². The number of rotatable bonds is 8. The van der Waals surface area contributed by atoms with Gasteiger partial charge >= 0.3 is 0 Å². The number of halogens is 1. The minimum atomic E-state index is -0.0400. The molecule has 29 heavy (non-hydrogen) atoms. The molecular weight excluding hydrogens is 477 g/mol. The van der Waals surface area contributed by atoms with E-state index < -0.39 is 0 Å². The fraction of sp³-hybridized carbons (Fsp3) is 0.545. The van der Waals surface area contributed by atoms with Crippen molar-refractivity contribution in [1.82, 2.24) is 20.0 Å². The van der Waals surface area contributed by atoms with Crippen molar-refractivity contribution in [2.45, 2.75) is 39.7 Å². The predicted octanol–water partition coefficient (Wildman–Crippen LogP) is 4.06. The Balaban J connectivity index is 0.00000420. The highest BCUT2D eigenvalue weighted by Crippen LogP contribution is 2.25. The van der Waals surface area contributed by atoms with Gasteiger partial charge in [0.2, 0.25) is 0 Å². The van der Waals surface area contributed by atoms with Crippen molar-refractivity contribution >= 4 is 29.9 Å². The van der Waals surface area contributed by atoms with E-state index in [0.29, 0.717) is 5.92 Å². The zero-order valence-electron chi connectivity index (χ0n) is 18.8. The van der Waals surface area contributed by atoms with Crippen LogP contribution in [-0.4, -0.2) is 47.9 Å². The molecule has 0 unspecified atom stereocenters. The summed E-state index contributed by atoms with van der Waals surface area (Å²) in [6.07, 6.45) is 3.91. The molecule has 0 amide bonds. The highest BCUT2D eigenvalue weighted by molar-refractivity contribution is 14.0. The standard InChI is InChI=1S/C22H35N5O.HI/c1-17(2)15-28-20-10-8-19(9-11-20)22(3,4)16-24-21(23-5)26(6)13-18-12-25-27(7)14-18;/h8-12,14,17H,13,15-16H2,1-7H3,(H,23,24);1H. The Kier molecular flexibility index (Phi) is 9.95. The fourth-order valence-corrected chi connectivity index (χ4v) is 2.95. The van der Waals surface area contributed by atoms with Crippen LogP contribution >= 0.6 is 24.0 Å². The molecule has 1 N–H and O–H groups in total. The zero-order valence-corrected chi connectivity index (χ0v) is 21.1. The number of benzene rings is 1. The van der Waals surface area contributed by atoms with Gasteiger partial charge in [-0.15, -0.1) is 24.0 Å². The third kappa shape index (κ3) is 7.87. The van der Waals surface area contributed by atoms with Gasteiger partial charge in [0.1, 0.15) is 5.75 Å². The molecule has 0 bridgehead atoms. The Morgan fingerprint density at radius 1 is 1.28 bits per heavy atom. The van der Waals surface area contributed by atoms with Crippen LogP contribution in [0.25, 0.3) is 0 Å². The SMILES string of the molecule is CN=C(NCC(C)(C)c1ccc(OCC(C)C)cc1)N(C)Cc1cnn(C)c1.I. The van der Waals surface area contributed by atoms with Gasteiger partial charge in [-0.3, -0.25) is 9.67 Å². The quantitative estimate of drug-likeness (QED) is 0.329. The average molecular weight is 513 g/mol. The molecule has 0 aliphatic heterocycles. The molecule has 162 valence electrons. The number of aromatic nitrogens is 2. The van der Waals surface area contributed by atoms with Crippen LogP contribution in [0.3, 0.4) is 0 Å². The molecule has 0 atom stereocenters. The lowest BCUT2D eigenvalue weighted by atomic mass is 9.84. The highest BCUT2D eigenvalue weighted by atomic mass is 127. The summed E-state index contributed by atoms with van der Waals surface area (Å²) in [5.74, 6) is 2.32. The minimum absolute atomic E-state index is 0. The first kappa shape index (κ1) is 25.3. The number of ether oxygens (including phenoxy) is 1. The summed E-state index contributed by atoms with van der Waals surface area (Å²) >= 11 is 0. The predicted molar refractivity (Wildman–Crippen MR) is 131 cm³/mol. The summed E-state index contributed by atoms with van der Waals surface area (Å²) in [6, 6.07) is 8.42. The molecule has 0 fully saturated rings. The van der Waals surface area contributed by atoms with Crippen LogP contribution in [0.15, 0.2) is 41.7 Å².